The predicted octanol–water partition coefficient (Wildman–Crippen LogP) is 6.29. The van der Waals surface area contributed by atoms with Gasteiger partial charge in [0.25, 0.3) is 0 Å². The van der Waals surface area contributed by atoms with E-state index in [2.05, 4.69) is 79.7 Å². The van der Waals surface area contributed by atoms with Crippen LogP contribution < -0.4 is 5.73 Å². The molecule has 3 aromatic rings. The first-order valence-corrected chi connectivity index (χ1v) is 10.8. The van der Waals surface area contributed by atoms with Gasteiger partial charge in [0.05, 0.1) is 6.61 Å². The highest BCUT2D eigenvalue weighted by Crippen LogP contribution is 2.40. The lowest BCUT2D eigenvalue weighted by molar-refractivity contribution is 0.00383. The van der Waals surface area contributed by atoms with Crippen LogP contribution in [0, 0.1) is 0 Å². The van der Waals surface area contributed by atoms with E-state index < -0.39 is 5.60 Å². The van der Waals surface area contributed by atoms with Crippen LogP contribution in [0.3, 0.4) is 0 Å². The minimum atomic E-state index is -0.676. The number of hydrogen-bond donors (Lipinski definition) is 1. The Bertz CT molecular complexity index is 720. The van der Waals surface area contributed by atoms with Crippen molar-refractivity contribution in [1.29, 1.82) is 0 Å². The van der Waals surface area contributed by atoms with Gasteiger partial charge in [0.2, 0.25) is 0 Å². The molecule has 0 saturated heterocycles. The van der Waals surface area contributed by atoms with Crippen molar-refractivity contribution < 1.29 is 4.74 Å². The van der Waals surface area contributed by atoms with Gasteiger partial charge < -0.3 is 10.5 Å². The number of benzene rings is 3. The second-order valence-electron chi connectivity index (χ2n) is 7.70. The first-order valence-electron chi connectivity index (χ1n) is 10.8. The Kier molecular flexibility index (Phi) is 8.03. The third-order valence-corrected chi connectivity index (χ3v) is 5.48. The van der Waals surface area contributed by atoms with Gasteiger partial charge >= 0.3 is 0 Å². The van der Waals surface area contributed by atoms with Crippen molar-refractivity contribution in [3.63, 3.8) is 0 Å². The van der Waals surface area contributed by atoms with E-state index in [1.165, 1.54) is 19.3 Å². The van der Waals surface area contributed by atoms with Gasteiger partial charge in [-0.3, -0.25) is 0 Å². The molecule has 2 heteroatoms. The molecule has 1 atom stereocenters. The predicted molar refractivity (Wildman–Crippen MR) is 122 cm³/mol. The van der Waals surface area contributed by atoms with Gasteiger partial charge in [-0.2, -0.15) is 0 Å². The zero-order valence-electron chi connectivity index (χ0n) is 17.5. The van der Waals surface area contributed by atoms with Crippen LogP contribution in [0.4, 0.5) is 0 Å². The summed E-state index contributed by atoms with van der Waals surface area (Å²) < 4.78 is 6.78. The molecule has 1 unspecified atom stereocenters. The number of ether oxygens (including phenoxy) is 1. The van der Waals surface area contributed by atoms with Crippen LogP contribution in [0.2, 0.25) is 0 Å². The van der Waals surface area contributed by atoms with Crippen LogP contribution in [0.1, 0.15) is 55.7 Å². The van der Waals surface area contributed by atoms with E-state index in [-0.39, 0.29) is 6.04 Å². The van der Waals surface area contributed by atoms with E-state index in [0.29, 0.717) is 6.61 Å². The molecule has 2 nitrogen and oxygen atoms in total. The summed E-state index contributed by atoms with van der Waals surface area (Å²) in [6, 6.07) is 31.5. The first-order chi connectivity index (χ1) is 14.3. The molecule has 0 aliphatic rings. The lowest BCUT2D eigenvalue weighted by Gasteiger charge is -2.36. The maximum atomic E-state index is 6.78. The van der Waals surface area contributed by atoms with Crippen molar-refractivity contribution in [3.05, 3.63) is 108 Å². The topological polar surface area (TPSA) is 35.2 Å². The van der Waals surface area contributed by atoms with Crippen molar-refractivity contribution in [2.45, 2.75) is 50.7 Å². The number of unbranched alkanes of at least 4 members (excludes halogenated alkanes) is 3. The lowest BCUT2D eigenvalue weighted by Crippen LogP contribution is -2.38. The smallest absolute Gasteiger partial charge is 0.143 e. The number of hydrogen-bond acceptors (Lipinski definition) is 2. The highest BCUT2D eigenvalue weighted by atomic mass is 16.5. The Labute approximate surface area is 175 Å². The summed E-state index contributed by atoms with van der Waals surface area (Å²) in [5.41, 5.74) is 9.16. The monoisotopic (exact) mass is 387 g/mol. The molecular weight excluding hydrogens is 354 g/mol. The molecule has 0 aliphatic heterocycles. The van der Waals surface area contributed by atoms with E-state index in [1.807, 2.05) is 18.2 Å². The second kappa shape index (κ2) is 10.9. The average Bonchev–Trinajstić information content (AvgIpc) is 2.79. The molecule has 0 saturated carbocycles. The van der Waals surface area contributed by atoms with E-state index in [0.717, 1.165) is 29.5 Å². The Morgan fingerprint density at radius 3 is 1.55 bits per heavy atom. The van der Waals surface area contributed by atoms with Gasteiger partial charge in [0.1, 0.15) is 5.60 Å². The van der Waals surface area contributed by atoms with Crippen LogP contribution in [0.25, 0.3) is 0 Å². The maximum absolute atomic E-state index is 6.78. The normalized spacial score (nSPS) is 12.6. The van der Waals surface area contributed by atoms with Crippen molar-refractivity contribution in [2.24, 2.45) is 5.73 Å². The summed E-state index contributed by atoms with van der Waals surface area (Å²) >= 11 is 0. The summed E-state index contributed by atoms with van der Waals surface area (Å²) in [7, 11) is 0. The second-order valence-corrected chi connectivity index (χ2v) is 7.70. The molecule has 0 aliphatic carbocycles. The maximum Gasteiger partial charge on any atom is 0.143 e. The van der Waals surface area contributed by atoms with Crippen LogP contribution in [-0.4, -0.2) is 12.6 Å². The van der Waals surface area contributed by atoms with Crippen LogP contribution in [0.15, 0.2) is 91.0 Å². The first kappa shape index (κ1) is 21.3. The molecule has 0 aromatic heterocycles. The fourth-order valence-corrected chi connectivity index (χ4v) is 3.92. The largest absolute Gasteiger partial charge is 0.359 e. The number of rotatable bonds is 11. The SMILES string of the molecule is CCCCCCC(N)COC(c1ccccc1)(c1ccccc1)c1ccccc1. The van der Waals surface area contributed by atoms with Gasteiger partial charge in [0.15, 0.2) is 0 Å². The molecule has 3 aromatic carbocycles. The van der Waals surface area contributed by atoms with Crippen LogP contribution in [0.5, 0.6) is 0 Å². The van der Waals surface area contributed by atoms with Gasteiger partial charge in [-0.15, -0.1) is 0 Å². The summed E-state index contributed by atoms with van der Waals surface area (Å²) in [6.45, 7) is 2.75. The van der Waals surface area contributed by atoms with E-state index in [4.69, 9.17) is 10.5 Å². The molecular formula is C27H33NO. The Hall–Kier alpha value is -2.42. The molecule has 0 radical (unpaired) electrons. The fraction of sp³-hybridized carbons (Fsp3) is 0.333. The van der Waals surface area contributed by atoms with Crippen LogP contribution >= 0.6 is 0 Å². The third-order valence-electron chi connectivity index (χ3n) is 5.48. The zero-order chi connectivity index (χ0) is 20.4. The molecule has 0 heterocycles. The fourth-order valence-electron chi connectivity index (χ4n) is 3.92. The third kappa shape index (κ3) is 5.35. The van der Waals surface area contributed by atoms with Crippen molar-refractivity contribution in [2.75, 3.05) is 6.61 Å². The molecule has 3 rings (SSSR count). The molecule has 0 spiro atoms. The Balaban J connectivity index is 1.95. The lowest BCUT2D eigenvalue weighted by atomic mass is 9.80. The average molecular weight is 388 g/mol. The van der Waals surface area contributed by atoms with Gasteiger partial charge in [-0.25, -0.2) is 0 Å². The minimum absolute atomic E-state index is 0.0300. The summed E-state index contributed by atoms with van der Waals surface area (Å²) in [4.78, 5) is 0. The quantitative estimate of drug-likeness (QED) is 0.310. The van der Waals surface area contributed by atoms with Crippen LogP contribution in [-0.2, 0) is 10.3 Å². The molecule has 152 valence electrons. The Morgan fingerprint density at radius 2 is 1.14 bits per heavy atom. The van der Waals surface area contributed by atoms with E-state index in [9.17, 15) is 0 Å². The zero-order valence-corrected chi connectivity index (χ0v) is 17.5. The van der Waals surface area contributed by atoms with E-state index in [1.54, 1.807) is 0 Å². The molecule has 2 N–H and O–H groups in total. The van der Waals surface area contributed by atoms with Crippen molar-refractivity contribution >= 4 is 0 Å². The standard InChI is InChI=1S/C27H33NO/c1-2-3-4-14-21-26(28)22-29-27(23-15-8-5-9-16-23,24-17-10-6-11-18-24)25-19-12-7-13-20-25/h5-13,15-20,26H,2-4,14,21-22,28H2,1H3. The minimum Gasteiger partial charge on any atom is -0.359 e. The molecule has 0 bridgehead atoms. The van der Waals surface area contributed by atoms with Gasteiger partial charge in [0, 0.05) is 6.04 Å². The number of nitrogens with two attached hydrogens (primary N) is 1. The molecule has 0 amide bonds. The Morgan fingerprint density at radius 1 is 0.690 bits per heavy atom. The molecule has 29 heavy (non-hydrogen) atoms. The van der Waals surface area contributed by atoms with Crippen molar-refractivity contribution in [1.82, 2.24) is 0 Å². The molecule has 0 fully saturated rings. The summed E-state index contributed by atoms with van der Waals surface area (Å²) in [5, 5.41) is 0. The van der Waals surface area contributed by atoms with Crippen molar-refractivity contribution in [3.8, 4) is 0 Å². The highest BCUT2D eigenvalue weighted by molar-refractivity contribution is 5.47. The summed E-state index contributed by atoms with van der Waals surface area (Å²) in [6.07, 6.45) is 5.91. The summed E-state index contributed by atoms with van der Waals surface area (Å²) in [5.74, 6) is 0. The van der Waals surface area contributed by atoms with Gasteiger partial charge in [-0.1, -0.05) is 124 Å². The highest BCUT2D eigenvalue weighted by Gasteiger charge is 2.37. The van der Waals surface area contributed by atoms with Gasteiger partial charge in [-0.05, 0) is 23.1 Å². The van der Waals surface area contributed by atoms with E-state index >= 15 is 0 Å².